The number of rotatable bonds is 13. The SMILES string of the molecule is O=C(O)CC(=O)OC[C@H]1O[C@@H](Oc2cc3c(=O)cc(O[C@@H]4O[C@H](COC(=[OH+])C=Cc5ccc(O)c(O)c5)[C@@H](O)[C@H](O)[C@H]4O)cc-3oc2-c2ccc(O)cc2)[C@H](O)[C@@H](O)[C@@H]1O. The number of carboxylic acid groups (broad SMARTS) is 1. The van der Waals surface area contributed by atoms with Crippen molar-refractivity contribution in [2.24, 2.45) is 0 Å². The van der Waals surface area contributed by atoms with E-state index in [2.05, 4.69) is 0 Å². The Morgan fingerprint density at radius 1 is 0.717 bits per heavy atom. The molecule has 21 nitrogen and oxygen atoms in total. The number of carboxylic acids is 1. The fraction of sp³-hybridized carbons (Fsp3) is 0.333. The molecule has 6 rings (SSSR count). The van der Waals surface area contributed by atoms with Crippen molar-refractivity contribution >= 4 is 24.0 Å². The zero-order valence-electron chi connectivity index (χ0n) is 30.8. The van der Waals surface area contributed by atoms with Gasteiger partial charge >= 0.3 is 17.9 Å². The van der Waals surface area contributed by atoms with E-state index in [1.807, 2.05) is 0 Å². The Bertz CT molecular complexity index is 2240. The summed E-state index contributed by atoms with van der Waals surface area (Å²) in [6, 6.07) is 12.6. The minimum absolute atomic E-state index is 0.134. The lowest BCUT2D eigenvalue weighted by Crippen LogP contribution is -2.60. The van der Waals surface area contributed by atoms with Gasteiger partial charge in [-0.3, -0.25) is 14.4 Å². The van der Waals surface area contributed by atoms with Gasteiger partial charge in [0.1, 0.15) is 73.0 Å². The summed E-state index contributed by atoms with van der Waals surface area (Å²) in [5, 5.41) is 102. The number of benzene rings is 3. The summed E-state index contributed by atoms with van der Waals surface area (Å²) in [7, 11) is 0. The van der Waals surface area contributed by atoms with Crippen molar-refractivity contribution in [3.8, 4) is 51.4 Å². The molecule has 0 aromatic heterocycles. The summed E-state index contributed by atoms with van der Waals surface area (Å²) >= 11 is 0. The van der Waals surface area contributed by atoms with E-state index in [1.165, 1.54) is 60.7 Å². The molecule has 0 saturated carbocycles. The molecule has 0 unspecified atom stereocenters. The van der Waals surface area contributed by atoms with Crippen molar-refractivity contribution in [3.63, 3.8) is 0 Å². The lowest BCUT2D eigenvalue weighted by atomic mass is 9.99. The van der Waals surface area contributed by atoms with Crippen LogP contribution in [0, 0.1) is 0 Å². The first-order valence-electron chi connectivity index (χ1n) is 17.9. The lowest BCUT2D eigenvalue weighted by molar-refractivity contribution is -0.278. The molecule has 10 atom stereocenters. The van der Waals surface area contributed by atoms with Crippen molar-refractivity contribution in [1.29, 1.82) is 0 Å². The first-order chi connectivity index (χ1) is 28.5. The van der Waals surface area contributed by atoms with E-state index < -0.39 is 110 Å². The molecule has 2 fully saturated rings. The van der Waals surface area contributed by atoms with Crippen LogP contribution in [0.1, 0.15) is 12.0 Å². The fourth-order valence-electron chi connectivity index (χ4n) is 6.07. The Hall–Kier alpha value is -6.30. The van der Waals surface area contributed by atoms with Crippen LogP contribution in [-0.2, 0) is 28.5 Å². The van der Waals surface area contributed by atoms with Crippen LogP contribution in [0.3, 0.4) is 0 Å². The van der Waals surface area contributed by atoms with Gasteiger partial charge in [-0.15, -0.1) is 0 Å². The third-order valence-electron chi connectivity index (χ3n) is 9.27. The summed E-state index contributed by atoms with van der Waals surface area (Å²) < 4.78 is 39.0. The van der Waals surface area contributed by atoms with Crippen molar-refractivity contribution in [2.75, 3.05) is 13.2 Å². The van der Waals surface area contributed by atoms with E-state index in [9.17, 15) is 65.1 Å². The van der Waals surface area contributed by atoms with Crippen molar-refractivity contribution in [1.82, 2.24) is 0 Å². The summed E-state index contributed by atoms with van der Waals surface area (Å²) in [5.41, 5.74) is -0.311. The predicted molar refractivity (Wildman–Crippen MR) is 198 cm³/mol. The van der Waals surface area contributed by atoms with Gasteiger partial charge in [0.15, 0.2) is 34.5 Å². The molecule has 0 bridgehead atoms. The van der Waals surface area contributed by atoms with Crippen molar-refractivity contribution in [3.05, 3.63) is 82.5 Å². The smallest absolute Gasteiger partial charge is 0.508 e. The number of hydrogen-bond donors (Lipinski definition) is 10. The standard InChI is InChI=1S/C39H38O21/c40-18-5-3-17(4-6-18)37-25(58-39-36(53)34(51)32(49)27(60-39)15-55-30(47)13-28(44)45)12-20-22(42)10-19(11-24(20)57-37)56-38-35(52)33(50)31(48)26(59-38)14-54-29(46)8-2-16-1-7-21(41)23(43)9-16/h1-12,26-27,31-36,38-41,43,48-53H,13-15H2,(H,44,45)/p+1/t26-,27-,31-,32-,33+,34+,35-,36-,38-,39-/m1/s1. The summed E-state index contributed by atoms with van der Waals surface area (Å²) in [4.78, 5) is 46.4. The number of esters is 2. The number of aliphatic hydroxyl groups excluding tert-OH is 6. The van der Waals surface area contributed by atoms with Crippen molar-refractivity contribution < 1.29 is 98.3 Å². The molecule has 11 N–H and O–H groups in total. The zero-order valence-corrected chi connectivity index (χ0v) is 30.8. The molecule has 2 aromatic rings. The van der Waals surface area contributed by atoms with Gasteiger partial charge in [-0.1, -0.05) is 6.07 Å². The molecule has 3 heterocycles. The average Bonchev–Trinajstić information content (AvgIpc) is 3.20. The Morgan fingerprint density at radius 3 is 1.95 bits per heavy atom. The minimum atomic E-state index is -1.93. The maximum absolute atomic E-state index is 13.5. The molecule has 2 aromatic carbocycles. The fourth-order valence-corrected chi connectivity index (χ4v) is 6.07. The van der Waals surface area contributed by atoms with Gasteiger partial charge in [-0.05, 0) is 54.1 Å². The van der Waals surface area contributed by atoms with Gasteiger partial charge < -0.3 is 88.7 Å². The lowest BCUT2D eigenvalue weighted by Gasteiger charge is -2.40. The number of fused-ring (bicyclic) bond motifs is 1. The maximum atomic E-state index is 13.5. The highest BCUT2D eigenvalue weighted by Gasteiger charge is 2.48. The molecule has 0 spiro atoms. The number of aliphatic hydroxyl groups is 6. The molecule has 60 heavy (non-hydrogen) atoms. The van der Waals surface area contributed by atoms with E-state index in [0.717, 1.165) is 12.1 Å². The zero-order chi connectivity index (χ0) is 43.4. The molecule has 21 heteroatoms. The second-order valence-electron chi connectivity index (χ2n) is 13.6. The van der Waals surface area contributed by atoms with Gasteiger partial charge in [0.2, 0.25) is 19.2 Å². The number of phenols is 3. The Labute approximate surface area is 337 Å². The second kappa shape index (κ2) is 18.3. The van der Waals surface area contributed by atoms with E-state index in [0.29, 0.717) is 5.56 Å². The summed E-state index contributed by atoms with van der Waals surface area (Å²) in [5.74, 6) is -5.04. The topological polar surface area (TPSA) is 343 Å². The molecule has 1 aliphatic carbocycles. The maximum Gasteiger partial charge on any atom is 0.510 e. The van der Waals surface area contributed by atoms with E-state index in [4.69, 9.17) is 37.9 Å². The first-order valence-corrected chi connectivity index (χ1v) is 17.9. The molecule has 0 amide bonds. The summed E-state index contributed by atoms with van der Waals surface area (Å²) in [6.45, 7) is -1.32. The van der Waals surface area contributed by atoms with Gasteiger partial charge in [-0.25, -0.2) is 0 Å². The molecule has 2 saturated heterocycles. The molecule has 320 valence electrons. The second-order valence-corrected chi connectivity index (χ2v) is 13.6. The molecular formula is C39H39O21+. The number of aliphatic carboxylic acids is 1. The van der Waals surface area contributed by atoms with E-state index in [1.54, 1.807) is 0 Å². The number of carbonyl (C=O) groups excluding carboxylic acids is 2. The number of carbonyl (C=O) groups is 2. The van der Waals surface area contributed by atoms with Gasteiger partial charge in [-0.2, -0.15) is 0 Å². The predicted octanol–water partition coefficient (Wildman–Crippen LogP) is -0.848. The third kappa shape index (κ3) is 9.93. The Kier molecular flexibility index (Phi) is 13.2. The molecule has 3 aliphatic heterocycles. The van der Waals surface area contributed by atoms with E-state index >= 15 is 0 Å². The minimum Gasteiger partial charge on any atom is -0.508 e. The van der Waals surface area contributed by atoms with Crippen LogP contribution < -0.4 is 14.9 Å². The first kappa shape index (κ1) is 43.3. The van der Waals surface area contributed by atoms with Gasteiger partial charge in [0.05, 0.1) is 11.6 Å². The average molecular weight is 844 g/mol. The number of phenolic OH excluding ortho intramolecular Hbond substituents is 3. The Balaban J connectivity index is 1.22. The van der Waals surface area contributed by atoms with Crippen LogP contribution in [0.5, 0.6) is 28.7 Å². The number of ether oxygens (including phenoxy) is 6. The molecular weight excluding hydrogens is 804 g/mol. The quantitative estimate of drug-likeness (QED) is 0.0258. The van der Waals surface area contributed by atoms with Gasteiger partial charge in [0, 0.05) is 17.7 Å². The summed E-state index contributed by atoms with van der Waals surface area (Å²) in [6.07, 6.45) is -16.2. The third-order valence-corrected chi connectivity index (χ3v) is 9.27. The number of hydrogen-bond acceptors (Lipinski definition) is 19. The van der Waals surface area contributed by atoms with Crippen LogP contribution in [0.15, 0.2) is 76.0 Å². The van der Waals surface area contributed by atoms with Gasteiger partial charge in [0.25, 0.3) is 0 Å². The Morgan fingerprint density at radius 2 is 1.33 bits per heavy atom. The number of aromatic hydroxyl groups is 3. The highest BCUT2D eigenvalue weighted by Crippen LogP contribution is 2.40. The monoisotopic (exact) mass is 843 g/mol. The highest BCUT2D eigenvalue weighted by atomic mass is 16.7. The van der Waals surface area contributed by atoms with Crippen LogP contribution in [-0.4, -0.2) is 148 Å². The largest absolute Gasteiger partial charge is 0.510 e. The highest BCUT2D eigenvalue weighted by molar-refractivity contribution is 5.90. The molecule has 0 radical (unpaired) electrons. The van der Waals surface area contributed by atoms with Crippen LogP contribution in [0.4, 0.5) is 0 Å². The van der Waals surface area contributed by atoms with Crippen LogP contribution in [0.25, 0.3) is 28.7 Å². The van der Waals surface area contributed by atoms with E-state index in [-0.39, 0.29) is 45.6 Å². The van der Waals surface area contributed by atoms with Crippen LogP contribution in [0.2, 0.25) is 0 Å². The normalized spacial score (nSPS) is 26.7. The van der Waals surface area contributed by atoms with Crippen LogP contribution >= 0.6 is 0 Å². The van der Waals surface area contributed by atoms with Crippen molar-refractivity contribution in [2.45, 2.75) is 67.8 Å². The molecule has 4 aliphatic rings.